The third-order valence-electron chi connectivity index (χ3n) is 3.35. The van der Waals surface area contributed by atoms with E-state index >= 15 is 0 Å². The number of benzene rings is 1. The number of alkyl halides is 4. The Labute approximate surface area is 109 Å². The molecule has 0 atom stereocenters. The van der Waals surface area contributed by atoms with E-state index in [2.05, 4.69) is 5.32 Å². The molecule has 18 heavy (non-hydrogen) atoms. The van der Waals surface area contributed by atoms with Crippen LogP contribution in [-0.2, 0) is 12.7 Å². The fourth-order valence-corrected chi connectivity index (χ4v) is 2.18. The zero-order valence-corrected chi connectivity index (χ0v) is 10.6. The van der Waals surface area contributed by atoms with Crippen molar-refractivity contribution in [3.8, 4) is 0 Å². The fourth-order valence-electron chi connectivity index (χ4n) is 1.82. The summed E-state index contributed by atoms with van der Waals surface area (Å²) in [6, 6.07) is 5.25. The van der Waals surface area contributed by atoms with E-state index in [1.54, 1.807) is 0 Å². The topological polar surface area (TPSA) is 12.0 Å². The van der Waals surface area contributed by atoms with Gasteiger partial charge in [-0.05, 0) is 36.0 Å². The number of nitrogens with one attached hydrogen (secondary N) is 1. The lowest BCUT2D eigenvalue weighted by molar-refractivity contribution is -0.137. The van der Waals surface area contributed by atoms with E-state index in [-0.39, 0.29) is 5.41 Å². The maximum absolute atomic E-state index is 12.4. The average Bonchev–Trinajstić information content (AvgIpc) is 3.09. The Morgan fingerprint density at radius 1 is 1.17 bits per heavy atom. The second-order valence-electron chi connectivity index (χ2n) is 4.93. The normalized spacial score (nSPS) is 17.8. The second-order valence-corrected chi connectivity index (χ2v) is 5.20. The van der Waals surface area contributed by atoms with Gasteiger partial charge in [-0.1, -0.05) is 12.1 Å². The molecule has 1 fully saturated rings. The molecule has 0 heterocycles. The highest BCUT2D eigenvalue weighted by atomic mass is 35.5. The van der Waals surface area contributed by atoms with Crippen molar-refractivity contribution in [2.75, 3.05) is 12.4 Å². The summed E-state index contributed by atoms with van der Waals surface area (Å²) >= 11 is 5.84. The van der Waals surface area contributed by atoms with E-state index in [1.165, 1.54) is 12.1 Å². The van der Waals surface area contributed by atoms with Crippen LogP contribution in [-0.4, -0.2) is 12.4 Å². The van der Waals surface area contributed by atoms with Gasteiger partial charge in [0.1, 0.15) is 0 Å². The molecule has 1 aliphatic rings. The first-order valence-electron chi connectivity index (χ1n) is 5.88. The van der Waals surface area contributed by atoms with Crippen LogP contribution < -0.4 is 5.32 Å². The zero-order valence-electron chi connectivity index (χ0n) is 9.86. The largest absolute Gasteiger partial charge is 0.416 e. The molecule has 0 aromatic heterocycles. The molecule has 0 radical (unpaired) electrons. The van der Waals surface area contributed by atoms with Gasteiger partial charge >= 0.3 is 6.18 Å². The SMILES string of the molecule is FC(F)(F)c1ccc(CNCC2(CCl)CC2)cc1. The van der Waals surface area contributed by atoms with Crippen molar-refractivity contribution in [2.24, 2.45) is 5.41 Å². The summed E-state index contributed by atoms with van der Waals surface area (Å²) in [4.78, 5) is 0. The number of hydrogen-bond acceptors (Lipinski definition) is 1. The molecule has 1 N–H and O–H groups in total. The molecular weight excluding hydrogens is 263 g/mol. The molecule has 0 saturated heterocycles. The van der Waals surface area contributed by atoms with Gasteiger partial charge in [-0.3, -0.25) is 0 Å². The van der Waals surface area contributed by atoms with Crippen LogP contribution in [0.2, 0.25) is 0 Å². The van der Waals surface area contributed by atoms with Crippen LogP contribution >= 0.6 is 11.6 Å². The Balaban J connectivity index is 1.83. The Kier molecular flexibility index (Phi) is 3.87. The monoisotopic (exact) mass is 277 g/mol. The Morgan fingerprint density at radius 2 is 1.78 bits per heavy atom. The highest BCUT2D eigenvalue weighted by molar-refractivity contribution is 6.18. The van der Waals surface area contributed by atoms with E-state index in [9.17, 15) is 13.2 Å². The maximum atomic E-state index is 12.4. The summed E-state index contributed by atoms with van der Waals surface area (Å²) in [5.74, 6) is 0.646. The van der Waals surface area contributed by atoms with Crippen molar-refractivity contribution >= 4 is 11.6 Å². The lowest BCUT2D eigenvalue weighted by Gasteiger charge is -2.13. The minimum Gasteiger partial charge on any atom is -0.312 e. The minimum absolute atomic E-state index is 0.230. The molecule has 1 aromatic rings. The standard InChI is InChI=1S/C13H15ClF3N/c14-8-12(5-6-12)9-18-7-10-1-3-11(4-2-10)13(15,16)17/h1-4,18H,5-9H2. The number of rotatable bonds is 5. The molecule has 0 spiro atoms. The van der Waals surface area contributed by atoms with Crippen LogP contribution in [0.5, 0.6) is 0 Å². The highest BCUT2D eigenvalue weighted by Crippen LogP contribution is 2.45. The van der Waals surface area contributed by atoms with Gasteiger partial charge in [0.2, 0.25) is 0 Å². The van der Waals surface area contributed by atoms with Crippen molar-refractivity contribution < 1.29 is 13.2 Å². The van der Waals surface area contributed by atoms with Crippen LogP contribution in [0.15, 0.2) is 24.3 Å². The summed E-state index contributed by atoms with van der Waals surface area (Å²) in [7, 11) is 0. The number of hydrogen-bond donors (Lipinski definition) is 1. The quantitative estimate of drug-likeness (QED) is 0.807. The molecule has 0 amide bonds. The van der Waals surface area contributed by atoms with Crippen LogP contribution in [0, 0.1) is 5.41 Å². The summed E-state index contributed by atoms with van der Waals surface area (Å²) in [5, 5.41) is 3.25. The Bertz CT molecular complexity index is 396. The first-order chi connectivity index (χ1) is 8.45. The Morgan fingerprint density at radius 3 is 2.22 bits per heavy atom. The third-order valence-corrected chi connectivity index (χ3v) is 3.92. The lowest BCUT2D eigenvalue weighted by atomic mass is 10.1. The van der Waals surface area contributed by atoms with Gasteiger partial charge in [-0.2, -0.15) is 13.2 Å². The van der Waals surface area contributed by atoms with Crippen molar-refractivity contribution in [1.29, 1.82) is 0 Å². The van der Waals surface area contributed by atoms with Gasteiger partial charge in [-0.15, -0.1) is 11.6 Å². The maximum Gasteiger partial charge on any atom is 0.416 e. The molecule has 1 saturated carbocycles. The minimum atomic E-state index is -4.26. The van der Waals surface area contributed by atoms with Crippen LogP contribution in [0.3, 0.4) is 0 Å². The molecule has 100 valence electrons. The molecule has 0 aliphatic heterocycles. The highest BCUT2D eigenvalue weighted by Gasteiger charge is 2.41. The third kappa shape index (κ3) is 3.39. The van der Waals surface area contributed by atoms with Crippen molar-refractivity contribution in [3.05, 3.63) is 35.4 Å². The summed E-state index contributed by atoms with van der Waals surface area (Å²) < 4.78 is 37.1. The van der Waals surface area contributed by atoms with E-state index in [1.807, 2.05) is 0 Å². The van der Waals surface area contributed by atoms with Crippen LogP contribution in [0.1, 0.15) is 24.0 Å². The predicted molar refractivity (Wildman–Crippen MR) is 65.5 cm³/mol. The van der Waals surface area contributed by atoms with Gasteiger partial charge < -0.3 is 5.32 Å². The van der Waals surface area contributed by atoms with Gasteiger partial charge in [0.25, 0.3) is 0 Å². The van der Waals surface area contributed by atoms with Crippen molar-refractivity contribution in [1.82, 2.24) is 5.32 Å². The van der Waals surface area contributed by atoms with Crippen molar-refractivity contribution in [2.45, 2.75) is 25.6 Å². The van der Waals surface area contributed by atoms with Crippen molar-refractivity contribution in [3.63, 3.8) is 0 Å². The smallest absolute Gasteiger partial charge is 0.312 e. The van der Waals surface area contributed by atoms with E-state index in [4.69, 9.17) is 11.6 Å². The summed E-state index contributed by atoms with van der Waals surface area (Å²) in [5.41, 5.74) is 0.479. The molecule has 1 nitrogen and oxygen atoms in total. The predicted octanol–water partition coefficient (Wildman–Crippen LogP) is 3.81. The molecule has 0 bridgehead atoms. The second kappa shape index (κ2) is 5.10. The van der Waals surface area contributed by atoms with Gasteiger partial charge in [-0.25, -0.2) is 0 Å². The molecule has 1 aliphatic carbocycles. The average molecular weight is 278 g/mol. The molecule has 1 aromatic carbocycles. The van der Waals surface area contributed by atoms with Gasteiger partial charge in [0.05, 0.1) is 5.56 Å². The van der Waals surface area contributed by atoms with E-state index in [0.717, 1.165) is 37.1 Å². The van der Waals surface area contributed by atoms with Gasteiger partial charge in [0.15, 0.2) is 0 Å². The first kappa shape index (κ1) is 13.7. The number of halogens is 4. The van der Waals surface area contributed by atoms with E-state index < -0.39 is 11.7 Å². The summed E-state index contributed by atoms with van der Waals surface area (Å²) in [6.45, 7) is 1.41. The fraction of sp³-hybridized carbons (Fsp3) is 0.538. The van der Waals surface area contributed by atoms with E-state index in [0.29, 0.717) is 12.4 Å². The van der Waals surface area contributed by atoms with Crippen LogP contribution in [0.4, 0.5) is 13.2 Å². The lowest BCUT2D eigenvalue weighted by Crippen LogP contribution is -2.24. The molecular formula is C13H15ClF3N. The van der Waals surface area contributed by atoms with Crippen LogP contribution in [0.25, 0.3) is 0 Å². The molecule has 5 heteroatoms. The Hall–Kier alpha value is -0.740. The summed E-state index contributed by atoms with van der Waals surface area (Å²) in [6.07, 6.45) is -1.99. The molecule has 0 unspecified atom stereocenters. The first-order valence-corrected chi connectivity index (χ1v) is 6.41. The van der Waals surface area contributed by atoms with Gasteiger partial charge in [0, 0.05) is 19.0 Å². The molecule has 2 rings (SSSR count). The zero-order chi connectivity index (χ0) is 13.2.